The SMILES string of the molecule is COc1cc(/C=C2/SC(=O)N(CC(=O)OCC(C)C)C2=O)ccc1Oc1ccc([N+](=O)[O-])cn1. The number of nitro groups is 1. The largest absolute Gasteiger partial charge is 0.493 e. The number of esters is 1. The van der Waals surface area contributed by atoms with Crippen molar-refractivity contribution in [3.8, 4) is 17.4 Å². The molecular formula is C22H21N3O8S. The minimum absolute atomic E-state index is 0.127. The lowest BCUT2D eigenvalue weighted by molar-refractivity contribution is -0.385. The van der Waals surface area contributed by atoms with E-state index in [1.54, 1.807) is 18.2 Å². The molecule has 0 bridgehead atoms. The topological polar surface area (TPSA) is 138 Å². The zero-order valence-corrected chi connectivity index (χ0v) is 19.4. The first-order valence-electron chi connectivity index (χ1n) is 10.0. The van der Waals surface area contributed by atoms with Crippen LogP contribution in [0.1, 0.15) is 19.4 Å². The highest BCUT2D eigenvalue weighted by Gasteiger charge is 2.36. The monoisotopic (exact) mass is 487 g/mol. The molecule has 1 aliphatic heterocycles. The first-order chi connectivity index (χ1) is 16.2. The van der Waals surface area contributed by atoms with Crippen LogP contribution in [0.4, 0.5) is 10.5 Å². The molecule has 0 N–H and O–H groups in total. The molecular weight excluding hydrogens is 466 g/mol. The van der Waals surface area contributed by atoms with Gasteiger partial charge in [-0.1, -0.05) is 19.9 Å². The number of rotatable bonds is 9. The summed E-state index contributed by atoms with van der Waals surface area (Å²) in [5, 5.41) is 10.2. The van der Waals surface area contributed by atoms with Crippen molar-refractivity contribution in [2.45, 2.75) is 13.8 Å². The van der Waals surface area contributed by atoms with Crippen LogP contribution >= 0.6 is 11.8 Å². The minimum atomic E-state index is -0.653. The van der Waals surface area contributed by atoms with Crippen molar-refractivity contribution in [3.05, 3.63) is 57.1 Å². The maximum absolute atomic E-state index is 12.6. The number of carbonyl (C=O) groups is 3. The number of ether oxygens (including phenoxy) is 3. The third kappa shape index (κ3) is 6.10. The number of carbonyl (C=O) groups excluding carboxylic acids is 3. The highest BCUT2D eigenvalue weighted by Crippen LogP contribution is 2.35. The fourth-order valence-electron chi connectivity index (χ4n) is 2.73. The fourth-order valence-corrected chi connectivity index (χ4v) is 3.57. The van der Waals surface area contributed by atoms with Gasteiger partial charge in [-0.05, 0) is 41.5 Å². The van der Waals surface area contributed by atoms with Crippen LogP contribution in [0.25, 0.3) is 6.08 Å². The Labute approximate surface area is 198 Å². The smallest absolute Gasteiger partial charge is 0.326 e. The van der Waals surface area contributed by atoms with Crippen molar-refractivity contribution in [1.29, 1.82) is 0 Å². The maximum atomic E-state index is 12.6. The standard InChI is InChI=1S/C22H21N3O8S/c1-13(2)12-32-20(26)11-24-21(27)18(34-22(24)28)9-14-4-6-16(17(8-14)31-3)33-19-7-5-15(10-23-19)25(29)30/h4-10,13H,11-12H2,1-3H3/b18-9+. The summed E-state index contributed by atoms with van der Waals surface area (Å²) in [6.45, 7) is 3.51. The van der Waals surface area contributed by atoms with E-state index in [4.69, 9.17) is 14.2 Å². The minimum Gasteiger partial charge on any atom is -0.493 e. The summed E-state index contributed by atoms with van der Waals surface area (Å²) in [6.07, 6.45) is 2.58. The van der Waals surface area contributed by atoms with E-state index >= 15 is 0 Å². The van der Waals surface area contributed by atoms with Gasteiger partial charge < -0.3 is 14.2 Å². The molecule has 12 heteroatoms. The van der Waals surface area contributed by atoms with Crippen molar-refractivity contribution in [3.63, 3.8) is 0 Å². The Morgan fingerprint density at radius 2 is 2.00 bits per heavy atom. The number of thioether (sulfide) groups is 1. The van der Waals surface area contributed by atoms with Crippen LogP contribution < -0.4 is 9.47 Å². The molecule has 0 spiro atoms. The van der Waals surface area contributed by atoms with E-state index in [0.717, 1.165) is 22.9 Å². The van der Waals surface area contributed by atoms with Crippen molar-refractivity contribution in [2.75, 3.05) is 20.3 Å². The predicted octanol–water partition coefficient (Wildman–Crippen LogP) is 4.03. The van der Waals surface area contributed by atoms with Crippen LogP contribution in [0.2, 0.25) is 0 Å². The van der Waals surface area contributed by atoms with Gasteiger partial charge >= 0.3 is 5.97 Å². The molecule has 3 rings (SSSR count). The maximum Gasteiger partial charge on any atom is 0.326 e. The van der Waals surface area contributed by atoms with Crippen molar-refractivity contribution in [1.82, 2.24) is 9.88 Å². The van der Waals surface area contributed by atoms with Gasteiger partial charge in [-0.15, -0.1) is 0 Å². The number of nitrogens with zero attached hydrogens (tertiary/aromatic N) is 3. The number of benzene rings is 1. The first kappa shape index (κ1) is 24.7. The average Bonchev–Trinajstić information content (AvgIpc) is 3.06. The molecule has 1 fully saturated rings. The van der Waals surface area contributed by atoms with Gasteiger partial charge in [0.15, 0.2) is 11.5 Å². The second-order valence-electron chi connectivity index (χ2n) is 7.47. The fraction of sp³-hybridized carbons (Fsp3) is 0.273. The quantitative estimate of drug-likeness (QED) is 0.220. The van der Waals surface area contributed by atoms with E-state index in [0.29, 0.717) is 17.1 Å². The second kappa shape index (κ2) is 10.8. The molecule has 0 aliphatic carbocycles. The second-order valence-corrected chi connectivity index (χ2v) is 8.46. The van der Waals surface area contributed by atoms with Gasteiger partial charge in [-0.2, -0.15) is 0 Å². The van der Waals surface area contributed by atoms with Crippen molar-refractivity contribution < 1.29 is 33.5 Å². The number of aromatic nitrogens is 1. The van der Waals surface area contributed by atoms with E-state index in [9.17, 15) is 24.5 Å². The van der Waals surface area contributed by atoms with Gasteiger partial charge in [-0.3, -0.25) is 29.4 Å². The average molecular weight is 487 g/mol. The Balaban J connectivity index is 1.73. The lowest BCUT2D eigenvalue weighted by Crippen LogP contribution is -2.34. The Hall–Kier alpha value is -3.93. The molecule has 0 radical (unpaired) electrons. The molecule has 1 saturated heterocycles. The zero-order chi connectivity index (χ0) is 24.8. The van der Waals surface area contributed by atoms with E-state index in [-0.39, 0.29) is 29.0 Å². The summed E-state index contributed by atoms with van der Waals surface area (Å²) in [4.78, 5) is 51.8. The number of methoxy groups -OCH3 is 1. The van der Waals surface area contributed by atoms with E-state index < -0.39 is 28.6 Å². The highest BCUT2D eigenvalue weighted by molar-refractivity contribution is 8.18. The first-order valence-corrected chi connectivity index (χ1v) is 10.9. The molecule has 0 saturated carbocycles. The molecule has 178 valence electrons. The van der Waals surface area contributed by atoms with Crippen molar-refractivity contribution >= 4 is 40.6 Å². The Kier molecular flexibility index (Phi) is 7.84. The van der Waals surface area contributed by atoms with Crippen LogP contribution in [-0.2, 0) is 14.3 Å². The lowest BCUT2D eigenvalue weighted by Gasteiger charge is -2.12. The summed E-state index contributed by atoms with van der Waals surface area (Å²) >= 11 is 0.721. The molecule has 2 aromatic rings. The number of hydrogen-bond donors (Lipinski definition) is 0. The summed E-state index contributed by atoms with van der Waals surface area (Å²) in [6, 6.07) is 7.41. The summed E-state index contributed by atoms with van der Waals surface area (Å²) in [5.74, 6) is -0.377. The van der Waals surface area contributed by atoms with Gasteiger partial charge in [0, 0.05) is 12.1 Å². The van der Waals surface area contributed by atoms with Crippen LogP contribution in [0, 0.1) is 16.0 Å². The van der Waals surface area contributed by atoms with E-state index in [2.05, 4.69) is 4.98 Å². The predicted molar refractivity (Wildman–Crippen MR) is 122 cm³/mol. The highest BCUT2D eigenvalue weighted by atomic mass is 32.2. The summed E-state index contributed by atoms with van der Waals surface area (Å²) < 4.78 is 16.0. The molecule has 2 heterocycles. The summed E-state index contributed by atoms with van der Waals surface area (Å²) in [7, 11) is 1.42. The molecule has 1 aliphatic rings. The van der Waals surface area contributed by atoms with Crippen LogP contribution in [0.5, 0.6) is 17.4 Å². The third-order valence-electron chi connectivity index (χ3n) is 4.37. The van der Waals surface area contributed by atoms with E-state index in [1.165, 1.54) is 25.3 Å². The molecule has 0 atom stereocenters. The van der Waals surface area contributed by atoms with Crippen molar-refractivity contribution in [2.24, 2.45) is 5.92 Å². The third-order valence-corrected chi connectivity index (χ3v) is 5.28. The molecule has 1 aromatic heterocycles. The Morgan fingerprint density at radius 3 is 2.62 bits per heavy atom. The van der Waals surface area contributed by atoms with Crippen LogP contribution in [-0.4, -0.2) is 52.2 Å². The Bertz CT molecular complexity index is 1150. The Morgan fingerprint density at radius 1 is 1.24 bits per heavy atom. The number of hydrogen-bond acceptors (Lipinski definition) is 10. The van der Waals surface area contributed by atoms with Crippen LogP contribution in [0.15, 0.2) is 41.4 Å². The number of amides is 2. The zero-order valence-electron chi connectivity index (χ0n) is 18.5. The number of pyridine rings is 1. The molecule has 1 aromatic carbocycles. The van der Waals surface area contributed by atoms with Gasteiger partial charge in [0.1, 0.15) is 12.7 Å². The molecule has 2 amide bonds. The van der Waals surface area contributed by atoms with Crippen LogP contribution in [0.3, 0.4) is 0 Å². The normalized spacial score (nSPS) is 14.6. The van der Waals surface area contributed by atoms with Gasteiger partial charge in [0.25, 0.3) is 16.8 Å². The molecule has 34 heavy (non-hydrogen) atoms. The van der Waals surface area contributed by atoms with Gasteiger partial charge in [0.2, 0.25) is 5.88 Å². The van der Waals surface area contributed by atoms with Gasteiger partial charge in [-0.25, -0.2) is 4.98 Å². The molecule has 0 unspecified atom stereocenters. The summed E-state index contributed by atoms with van der Waals surface area (Å²) in [5.41, 5.74) is 0.380. The lowest BCUT2D eigenvalue weighted by atomic mass is 10.2. The van der Waals surface area contributed by atoms with Gasteiger partial charge in [0.05, 0.1) is 23.5 Å². The van der Waals surface area contributed by atoms with E-state index in [1.807, 2.05) is 13.8 Å². The molecule has 11 nitrogen and oxygen atoms in total. The number of imide groups is 1.